The summed E-state index contributed by atoms with van der Waals surface area (Å²) in [6.45, 7) is 1.92. The molecule has 0 bridgehead atoms. The van der Waals surface area contributed by atoms with Crippen LogP contribution in [-0.4, -0.2) is 13.1 Å². The molecule has 0 spiro atoms. The van der Waals surface area contributed by atoms with E-state index in [2.05, 4.69) is 21.2 Å². The van der Waals surface area contributed by atoms with E-state index in [-0.39, 0.29) is 5.82 Å². The summed E-state index contributed by atoms with van der Waals surface area (Å²) in [5.74, 6) is 0.329. The molecule has 0 aromatic heterocycles. The third kappa shape index (κ3) is 1.39. The molecule has 1 aliphatic rings. The van der Waals surface area contributed by atoms with Gasteiger partial charge in [0.1, 0.15) is 5.82 Å². The van der Waals surface area contributed by atoms with Crippen LogP contribution in [0.5, 0.6) is 0 Å². The van der Waals surface area contributed by atoms with Crippen LogP contribution in [0, 0.1) is 5.82 Å². The molecule has 1 saturated heterocycles. The summed E-state index contributed by atoms with van der Waals surface area (Å²) in [5.41, 5.74) is 1.08. The number of nitrogens with one attached hydrogen (secondary N) is 1. The maximum Gasteiger partial charge on any atom is 0.123 e. The highest BCUT2D eigenvalue weighted by Gasteiger charge is 2.21. The maximum atomic E-state index is 12.8. The molecule has 1 fully saturated rings. The summed E-state index contributed by atoms with van der Waals surface area (Å²) in [5, 5.41) is 3.16. The van der Waals surface area contributed by atoms with Gasteiger partial charge >= 0.3 is 0 Å². The van der Waals surface area contributed by atoms with Gasteiger partial charge in [-0.2, -0.15) is 0 Å². The van der Waals surface area contributed by atoms with Crippen molar-refractivity contribution in [2.75, 3.05) is 13.1 Å². The average Bonchev–Trinajstić information content (AvgIpc) is 1.93. The van der Waals surface area contributed by atoms with Gasteiger partial charge in [-0.1, -0.05) is 15.9 Å². The predicted molar refractivity (Wildman–Crippen MR) is 49.7 cm³/mol. The zero-order valence-electron chi connectivity index (χ0n) is 6.48. The van der Waals surface area contributed by atoms with Crippen LogP contribution >= 0.6 is 15.9 Å². The van der Waals surface area contributed by atoms with Crippen LogP contribution in [0.15, 0.2) is 22.7 Å². The molecule has 1 nitrogen and oxygen atoms in total. The van der Waals surface area contributed by atoms with Gasteiger partial charge in [0.05, 0.1) is 0 Å². The second-order valence-corrected chi connectivity index (χ2v) is 3.88. The zero-order chi connectivity index (χ0) is 8.55. The minimum atomic E-state index is -0.153. The van der Waals surface area contributed by atoms with Crippen molar-refractivity contribution in [1.82, 2.24) is 5.32 Å². The number of hydrogen-bond acceptors (Lipinski definition) is 1. The van der Waals surface area contributed by atoms with Gasteiger partial charge in [-0.3, -0.25) is 0 Å². The first-order valence-corrected chi connectivity index (χ1v) is 4.72. The van der Waals surface area contributed by atoms with Crippen molar-refractivity contribution in [3.8, 4) is 0 Å². The molecule has 2 rings (SSSR count). The quantitative estimate of drug-likeness (QED) is 0.780. The van der Waals surface area contributed by atoms with Gasteiger partial charge in [0.25, 0.3) is 0 Å². The largest absolute Gasteiger partial charge is 0.315 e. The lowest BCUT2D eigenvalue weighted by Crippen LogP contribution is -2.40. The van der Waals surface area contributed by atoms with Crippen molar-refractivity contribution >= 4 is 15.9 Å². The van der Waals surface area contributed by atoms with Gasteiger partial charge in [0, 0.05) is 23.5 Å². The Bertz CT molecular complexity index is 297. The Morgan fingerprint density at radius 1 is 1.42 bits per heavy atom. The third-order valence-electron chi connectivity index (χ3n) is 2.18. The number of benzene rings is 1. The summed E-state index contributed by atoms with van der Waals surface area (Å²) in [7, 11) is 0. The Balaban J connectivity index is 2.34. The highest BCUT2D eigenvalue weighted by Crippen LogP contribution is 2.28. The topological polar surface area (TPSA) is 12.0 Å². The maximum absolute atomic E-state index is 12.8. The SMILES string of the molecule is Fc1ccc(Br)c(C2CNC2)c1. The fourth-order valence-electron chi connectivity index (χ4n) is 1.34. The molecule has 12 heavy (non-hydrogen) atoms. The lowest BCUT2D eigenvalue weighted by Gasteiger charge is -2.28. The Labute approximate surface area is 79.1 Å². The van der Waals surface area contributed by atoms with Crippen molar-refractivity contribution in [3.05, 3.63) is 34.1 Å². The molecular weight excluding hydrogens is 221 g/mol. The molecule has 0 radical (unpaired) electrons. The van der Waals surface area contributed by atoms with Crippen molar-refractivity contribution < 1.29 is 4.39 Å². The summed E-state index contributed by atoms with van der Waals surface area (Å²) in [6.07, 6.45) is 0. The van der Waals surface area contributed by atoms with Gasteiger partial charge in [0.2, 0.25) is 0 Å². The Kier molecular flexibility index (Phi) is 2.15. The minimum absolute atomic E-state index is 0.153. The fraction of sp³-hybridized carbons (Fsp3) is 0.333. The van der Waals surface area contributed by atoms with Gasteiger partial charge in [-0.25, -0.2) is 4.39 Å². The van der Waals surface area contributed by atoms with Crippen LogP contribution in [0.25, 0.3) is 0 Å². The minimum Gasteiger partial charge on any atom is -0.315 e. The van der Waals surface area contributed by atoms with E-state index in [1.165, 1.54) is 6.07 Å². The highest BCUT2D eigenvalue weighted by atomic mass is 79.9. The zero-order valence-corrected chi connectivity index (χ0v) is 8.07. The van der Waals surface area contributed by atoms with E-state index in [4.69, 9.17) is 0 Å². The lowest BCUT2D eigenvalue weighted by atomic mass is 9.94. The number of rotatable bonds is 1. The molecule has 0 unspecified atom stereocenters. The van der Waals surface area contributed by atoms with E-state index in [1.807, 2.05) is 0 Å². The fourth-order valence-corrected chi connectivity index (χ4v) is 1.91. The average molecular weight is 230 g/mol. The summed E-state index contributed by atoms with van der Waals surface area (Å²) in [4.78, 5) is 0. The number of hydrogen-bond donors (Lipinski definition) is 1. The van der Waals surface area contributed by atoms with Gasteiger partial charge in [0.15, 0.2) is 0 Å². The Morgan fingerprint density at radius 3 is 2.75 bits per heavy atom. The normalized spacial score (nSPS) is 17.5. The van der Waals surface area contributed by atoms with Crippen molar-refractivity contribution in [1.29, 1.82) is 0 Å². The Hall–Kier alpha value is -0.410. The molecule has 0 saturated carbocycles. The Morgan fingerprint density at radius 2 is 2.17 bits per heavy atom. The van der Waals surface area contributed by atoms with Gasteiger partial charge < -0.3 is 5.32 Å². The smallest absolute Gasteiger partial charge is 0.123 e. The molecule has 0 aliphatic carbocycles. The molecule has 1 aliphatic heterocycles. The van der Waals surface area contributed by atoms with Crippen molar-refractivity contribution in [2.45, 2.75) is 5.92 Å². The third-order valence-corrected chi connectivity index (χ3v) is 2.90. The molecule has 1 N–H and O–H groups in total. The molecule has 3 heteroatoms. The first-order valence-electron chi connectivity index (χ1n) is 3.93. The van der Waals surface area contributed by atoms with Crippen LogP contribution < -0.4 is 5.32 Å². The van der Waals surface area contributed by atoms with Crippen molar-refractivity contribution in [3.63, 3.8) is 0 Å². The van der Waals surface area contributed by atoms with E-state index in [9.17, 15) is 4.39 Å². The second kappa shape index (κ2) is 3.15. The van der Waals surface area contributed by atoms with E-state index < -0.39 is 0 Å². The molecule has 0 amide bonds. The molecular formula is C9H9BrFN. The van der Waals surface area contributed by atoms with Crippen LogP contribution in [-0.2, 0) is 0 Å². The first-order chi connectivity index (χ1) is 5.77. The molecule has 1 heterocycles. The summed E-state index contributed by atoms with van der Waals surface area (Å²) < 4.78 is 13.8. The van der Waals surface area contributed by atoms with Crippen LogP contribution in [0.1, 0.15) is 11.5 Å². The molecule has 1 aromatic rings. The van der Waals surface area contributed by atoms with Crippen LogP contribution in [0.2, 0.25) is 0 Å². The monoisotopic (exact) mass is 229 g/mol. The van der Waals surface area contributed by atoms with Gasteiger partial charge in [-0.15, -0.1) is 0 Å². The van der Waals surface area contributed by atoms with Crippen LogP contribution in [0.4, 0.5) is 4.39 Å². The second-order valence-electron chi connectivity index (χ2n) is 3.02. The van der Waals surface area contributed by atoms with E-state index in [0.29, 0.717) is 5.92 Å². The van der Waals surface area contributed by atoms with Gasteiger partial charge in [-0.05, 0) is 23.8 Å². The summed E-state index contributed by atoms with van der Waals surface area (Å²) >= 11 is 3.41. The van der Waals surface area contributed by atoms with E-state index in [1.54, 1.807) is 12.1 Å². The highest BCUT2D eigenvalue weighted by molar-refractivity contribution is 9.10. The van der Waals surface area contributed by atoms with E-state index >= 15 is 0 Å². The first kappa shape index (κ1) is 8.20. The number of halogens is 2. The molecule has 1 aromatic carbocycles. The van der Waals surface area contributed by atoms with Crippen molar-refractivity contribution in [2.24, 2.45) is 0 Å². The van der Waals surface area contributed by atoms with E-state index in [0.717, 1.165) is 23.1 Å². The molecule has 64 valence electrons. The lowest BCUT2D eigenvalue weighted by molar-refractivity contribution is 0.445. The molecule has 0 atom stereocenters. The van der Waals surface area contributed by atoms with Crippen LogP contribution in [0.3, 0.4) is 0 Å². The standard InChI is InChI=1S/C9H9BrFN/c10-9-2-1-7(11)3-8(9)6-4-12-5-6/h1-3,6,12H,4-5H2. The summed E-state index contributed by atoms with van der Waals surface area (Å²) in [6, 6.07) is 4.85. The predicted octanol–water partition coefficient (Wildman–Crippen LogP) is 2.28.